The van der Waals surface area contributed by atoms with Crippen LogP contribution in [0.2, 0.25) is 0 Å². The molecule has 4 aromatic rings. The number of pyridine rings is 1. The summed E-state index contributed by atoms with van der Waals surface area (Å²) in [5.74, 6) is -0.266. The molecule has 27 heavy (non-hydrogen) atoms. The molecule has 1 N–H and O–H groups in total. The summed E-state index contributed by atoms with van der Waals surface area (Å²) < 4.78 is 16.7. The second-order valence-corrected chi connectivity index (χ2v) is 7.35. The van der Waals surface area contributed by atoms with Crippen LogP contribution in [0.3, 0.4) is 0 Å². The van der Waals surface area contributed by atoms with Crippen LogP contribution in [-0.4, -0.2) is 27.9 Å². The van der Waals surface area contributed by atoms with Crippen molar-refractivity contribution in [3.63, 3.8) is 0 Å². The van der Waals surface area contributed by atoms with Gasteiger partial charge in [0, 0.05) is 22.7 Å². The maximum atomic E-state index is 14.8. The molecule has 0 unspecified atom stereocenters. The van der Waals surface area contributed by atoms with Crippen molar-refractivity contribution in [3.05, 3.63) is 60.2 Å². The van der Waals surface area contributed by atoms with Gasteiger partial charge in [-0.1, -0.05) is 12.1 Å². The molecule has 0 atom stereocenters. The molecule has 5 heteroatoms. The molecule has 0 radical (unpaired) electrons. The van der Waals surface area contributed by atoms with Gasteiger partial charge in [0.05, 0.1) is 11.6 Å². The van der Waals surface area contributed by atoms with E-state index in [9.17, 15) is 4.39 Å². The van der Waals surface area contributed by atoms with Gasteiger partial charge in [0.25, 0.3) is 0 Å². The first kappa shape index (κ1) is 16.4. The van der Waals surface area contributed by atoms with Crippen LogP contribution in [0.4, 0.5) is 4.39 Å². The maximum Gasteiger partial charge on any atom is 0.151 e. The van der Waals surface area contributed by atoms with Crippen LogP contribution in [-0.2, 0) is 0 Å². The van der Waals surface area contributed by atoms with E-state index in [0.29, 0.717) is 11.6 Å². The molecular formula is C22H21FN4. The van der Waals surface area contributed by atoms with E-state index in [-0.39, 0.29) is 5.82 Å². The zero-order valence-corrected chi connectivity index (χ0v) is 15.2. The summed E-state index contributed by atoms with van der Waals surface area (Å²) in [5.41, 5.74) is 4.26. The van der Waals surface area contributed by atoms with Gasteiger partial charge in [0.2, 0.25) is 0 Å². The molecule has 0 spiro atoms. The van der Waals surface area contributed by atoms with Crippen LogP contribution >= 0.6 is 0 Å². The van der Waals surface area contributed by atoms with Crippen molar-refractivity contribution in [2.24, 2.45) is 0 Å². The number of nitrogens with zero attached hydrogens (tertiary/aromatic N) is 3. The number of hydrogen-bond donors (Lipinski definition) is 1. The fourth-order valence-corrected chi connectivity index (χ4v) is 3.94. The minimum absolute atomic E-state index is 0.266. The van der Waals surface area contributed by atoms with Gasteiger partial charge in [-0.25, -0.2) is 4.39 Å². The zero-order chi connectivity index (χ0) is 18.4. The SMILES string of the molecule is Cc1ccc2cc(-c3cc(F)c4nn(C5CCNCC5)cc4c3)ccc2n1. The van der Waals surface area contributed by atoms with E-state index < -0.39 is 0 Å². The molecule has 1 fully saturated rings. The Balaban J connectivity index is 1.58. The largest absolute Gasteiger partial charge is 0.317 e. The second-order valence-electron chi connectivity index (χ2n) is 7.35. The first-order valence-electron chi connectivity index (χ1n) is 9.44. The highest BCUT2D eigenvalue weighted by molar-refractivity contribution is 5.89. The van der Waals surface area contributed by atoms with E-state index in [4.69, 9.17) is 0 Å². The molecule has 2 aromatic carbocycles. The number of rotatable bonds is 2. The summed E-state index contributed by atoms with van der Waals surface area (Å²) in [5, 5.41) is 9.80. The Morgan fingerprint density at radius 1 is 1.00 bits per heavy atom. The fraction of sp³-hybridized carbons (Fsp3) is 0.273. The first-order valence-corrected chi connectivity index (χ1v) is 9.44. The maximum absolute atomic E-state index is 14.8. The van der Waals surface area contributed by atoms with Gasteiger partial charge in [-0.3, -0.25) is 9.67 Å². The summed E-state index contributed by atoms with van der Waals surface area (Å²) in [6.07, 6.45) is 4.04. The lowest BCUT2D eigenvalue weighted by Crippen LogP contribution is -2.29. The smallest absolute Gasteiger partial charge is 0.151 e. The highest BCUT2D eigenvalue weighted by Gasteiger charge is 2.18. The number of nitrogens with one attached hydrogen (secondary N) is 1. The third-order valence-electron chi connectivity index (χ3n) is 5.42. The number of piperidine rings is 1. The molecule has 1 aliphatic heterocycles. The summed E-state index contributed by atoms with van der Waals surface area (Å²) in [6, 6.07) is 14.1. The van der Waals surface area contributed by atoms with Crippen LogP contribution in [0.5, 0.6) is 0 Å². The average Bonchev–Trinajstić information content (AvgIpc) is 3.13. The van der Waals surface area contributed by atoms with Crippen molar-refractivity contribution in [2.75, 3.05) is 13.1 Å². The van der Waals surface area contributed by atoms with E-state index in [1.54, 1.807) is 6.07 Å². The summed E-state index contributed by atoms with van der Waals surface area (Å²) >= 11 is 0. The normalized spacial score (nSPS) is 15.6. The minimum Gasteiger partial charge on any atom is -0.317 e. The summed E-state index contributed by atoms with van der Waals surface area (Å²) in [6.45, 7) is 3.95. The van der Waals surface area contributed by atoms with Crippen molar-refractivity contribution in [3.8, 4) is 11.1 Å². The average molecular weight is 360 g/mol. The van der Waals surface area contributed by atoms with Crippen LogP contribution in [0, 0.1) is 12.7 Å². The van der Waals surface area contributed by atoms with Crippen LogP contribution < -0.4 is 5.32 Å². The standard InChI is InChI=1S/C22H21FN4/c1-14-2-3-16-10-15(4-5-21(16)25-14)17-11-18-13-27(19-6-8-24-9-7-19)26-22(18)20(23)12-17/h2-5,10-13,19,24H,6-9H2,1H3. The van der Waals surface area contributed by atoms with E-state index in [0.717, 1.165) is 59.0 Å². The summed E-state index contributed by atoms with van der Waals surface area (Å²) in [4.78, 5) is 4.54. The van der Waals surface area contributed by atoms with Gasteiger partial charge in [0.1, 0.15) is 5.52 Å². The van der Waals surface area contributed by atoms with E-state index in [1.807, 2.05) is 42.1 Å². The Labute approximate surface area is 157 Å². The van der Waals surface area contributed by atoms with Crippen molar-refractivity contribution in [1.29, 1.82) is 0 Å². The summed E-state index contributed by atoms with van der Waals surface area (Å²) in [7, 11) is 0. The van der Waals surface area contributed by atoms with Crippen molar-refractivity contribution >= 4 is 21.8 Å². The van der Waals surface area contributed by atoms with Crippen molar-refractivity contribution in [1.82, 2.24) is 20.1 Å². The van der Waals surface area contributed by atoms with E-state index in [2.05, 4.69) is 27.5 Å². The van der Waals surface area contributed by atoms with Crippen LogP contribution in [0.1, 0.15) is 24.6 Å². The van der Waals surface area contributed by atoms with Gasteiger partial charge in [-0.05, 0) is 74.3 Å². The molecule has 0 amide bonds. The molecule has 0 aliphatic carbocycles. The molecule has 1 saturated heterocycles. The predicted molar refractivity (Wildman–Crippen MR) is 106 cm³/mol. The zero-order valence-electron chi connectivity index (χ0n) is 15.2. The molecule has 136 valence electrons. The topological polar surface area (TPSA) is 42.7 Å². The Morgan fingerprint density at radius 2 is 1.81 bits per heavy atom. The fourth-order valence-electron chi connectivity index (χ4n) is 3.94. The molecule has 3 heterocycles. The van der Waals surface area contributed by atoms with Gasteiger partial charge in [-0.2, -0.15) is 5.10 Å². The quantitative estimate of drug-likeness (QED) is 0.567. The number of aromatic nitrogens is 3. The Kier molecular flexibility index (Phi) is 3.90. The Morgan fingerprint density at radius 3 is 2.67 bits per heavy atom. The number of fused-ring (bicyclic) bond motifs is 2. The highest BCUT2D eigenvalue weighted by Crippen LogP contribution is 2.30. The predicted octanol–water partition coefficient (Wildman–Crippen LogP) is 4.62. The van der Waals surface area contributed by atoms with Crippen molar-refractivity contribution in [2.45, 2.75) is 25.8 Å². The number of hydrogen-bond acceptors (Lipinski definition) is 3. The monoisotopic (exact) mass is 360 g/mol. The second kappa shape index (κ2) is 6.43. The number of aryl methyl sites for hydroxylation is 1. The first-order chi connectivity index (χ1) is 13.2. The highest BCUT2D eigenvalue weighted by atomic mass is 19.1. The number of halogens is 1. The molecule has 4 nitrogen and oxygen atoms in total. The van der Waals surface area contributed by atoms with Gasteiger partial charge < -0.3 is 5.32 Å². The Hall–Kier alpha value is -2.79. The molecule has 2 aromatic heterocycles. The van der Waals surface area contributed by atoms with E-state index in [1.165, 1.54) is 0 Å². The van der Waals surface area contributed by atoms with Crippen molar-refractivity contribution < 1.29 is 4.39 Å². The Bertz CT molecular complexity index is 1140. The lowest BCUT2D eigenvalue weighted by Gasteiger charge is -2.22. The van der Waals surface area contributed by atoms with Gasteiger partial charge in [-0.15, -0.1) is 0 Å². The molecular weight excluding hydrogens is 339 g/mol. The molecule has 0 saturated carbocycles. The third-order valence-corrected chi connectivity index (χ3v) is 5.42. The number of benzene rings is 2. The lowest BCUT2D eigenvalue weighted by atomic mass is 10.0. The van der Waals surface area contributed by atoms with E-state index >= 15 is 0 Å². The lowest BCUT2D eigenvalue weighted by molar-refractivity contribution is 0.344. The van der Waals surface area contributed by atoms with Crippen LogP contribution in [0.15, 0.2) is 48.7 Å². The third kappa shape index (κ3) is 2.98. The molecule has 1 aliphatic rings. The van der Waals surface area contributed by atoms with Crippen LogP contribution in [0.25, 0.3) is 32.9 Å². The minimum atomic E-state index is -0.266. The van der Waals surface area contributed by atoms with Gasteiger partial charge >= 0.3 is 0 Å². The molecule has 0 bridgehead atoms. The molecule has 5 rings (SSSR count). The van der Waals surface area contributed by atoms with Gasteiger partial charge in [0.15, 0.2) is 5.82 Å².